The van der Waals surface area contributed by atoms with Gasteiger partial charge in [0.25, 0.3) is 0 Å². The fraction of sp³-hybridized carbons (Fsp3) is 0.667. The highest BCUT2D eigenvalue weighted by molar-refractivity contribution is 5.61. The van der Waals surface area contributed by atoms with E-state index in [2.05, 4.69) is 37.2 Å². The van der Waals surface area contributed by atoms with E-state index >= 15 is 0 Å². The van der Waals surface area contributed by atoms with Crippen molar-refractivity contribution < 1.29 is 9.84 Å². The molecule has 0 radical (unpaired) electrons. The molecule has 2 aliphatic heterocycles. The Morgan fingerprint density at radius 3 is 2.82 bits per heavy atom. The summed E-state index contributed by atoms with van der Waals surface area (Å²) >= 11 is 0. The highest BCUT2D eigenvalue weighted by Crippen LogP contribution is 2.37. The topological polar surface area (TPSA) is 44.7 Å². The molecule has 3 unspecified atom stereocenters. The molecule has 0 aromatic heterocycles. The van der Waals surface area contributed by atoms with Gasteiger partial charge in [-0.2, -0.15) is 0 Å². The lowest BCUT2D eigenvalue weighted by molar-refractivity contribution is 0.113. The summed E-state index contributed by atoms with van der Waals surface area (Å²) in [6.45, 7) is 6.28. The normalized spacial score (nSPS) is 26.5. The summed E-state index contributed by atoms with van der Waals surface area (Å²) in [5.41, 5.74) is 2.07. The summed E-state index contributed by atoms with van der Waals surface area (Å²) in [6.07, 6.45) is 3.23. The monoisotopic (exact) mass is 304 g/mol. The van der Waals surface area contributed by atoms with Crippen molar-refractivity contribution in [2.75, 3.05) is 25.0 Å². The Labute approximate surface area is 133 Å². The number of hydrogen-bond acceptors (Lipinski definition) is 4. The van der Waals surface area contributed by atoms with Gasteiger partial charge in [0, 0.05) is 13.1 Å². The zero-order valence-electron chi connectivity index (χ0n) is 13.9. The van der Waals surface area contributed by atoms with Crippen molar-refractivity contribution in [1.29, 1.82) is 0 Å². The second kappa shape index (κ2) is 6.47. The molecule has 2 aliphatic rings. The number of nitrogens with one attached hydrogen (secondary N) is 1. The van der Waals surface area contributed by atoms with Crippen LogP contribution in [0.1, 0.15) is 44.8 Å². The number of benzene rings is 1. The Hall–Kier alpha value is -1.26. The molecule has 0 saturated carbocycles. The number of aliphatic hydroxyl groups excluding tert-OH is 1. The molecule has 0 aliphatic carbocycles. The number of likely N-dealkylation sites (N-methyl/N-ethyl adjacent to an activating group) is 1. The molecule has 1 aromatic carbocycles. The molecule has 122 valence electrons. The van der Waals surface area contributed by atoms with Crippen LogP contribution >= 0.6 is 0 Å². The van der Waals surface area contributed by atoms with E-state index in [1.807, 2.05) is 12.1 Å². The van der Waals surface area contributed by atoms with E-state index in [1.165, 1.54) is 12.8 Å². The highest BCUT2D eigenvalue weighted by Gasteiger charge is 2.28. The number of piperidine rings is 1. The minimum absolute atomic E-state index is 0.171. The van der Waals surface area contributed by atoms with Crippen LogP contribution in [0.2, 0.25) is 0 Å². The van der Waals surface area contributed by atoms with Crippen LogP contribution < -0.4 is 15.0 Å². The van der Waals surface area contributed by atoms with E-state index in [0.717, 1.165) is 36.5 Å². The number of nitrogens with zero attached hydrogens (tertiary/aromatic N) is 1. The number of anilines is 1. The van der Waals surface area contributed by atoms with Crippen molar-refractivity contribution in [3.05, 3.63) is 23.8 Å². The molecule has 3 rings (SSSR count). The van der Waals surface area contributed by atoms with Gasteiger partial charge >= 0.3 is 0 Å². The molecule has 4 heteroatoms. The van der Waals surface area contributed by atoms with E-state index in [1.54, 1.807) is 0 Å². The van der Waals surface area contributed by atoms with Gasteiger partial charge in [-0.15, -0.1) is 0 Å². The molecular weight excluding hydrogens is 276 g/mol. The van der Waals surface area contributed by atoms with Gasteiger partial charge in [-0.1, -0.05) is 26.3 Å². The van der Waals surface area contributed by atoms with Crippen molar-refractivity contribution >= 4 is 5.69 Å². The molecule has 3 atom stereocenters. The fourth-order valence-electron chi connectivity index (χ4n) is 3.41. The van der Waals surface area contributed by atoms with Crippen molar-refractivity contribution in [3.8, 4) is 5.75 Å². The van der Waals surface area contributed by atoms with Gasteiger partial charge in [0.2, 0.25) is 0 Å². The summed E-state index contributed by atoms with van der Waals surface area (Å²) in [5.74, 6) is 1.42. The Morgan fingerprint density at radius 2 is 2.14 bits per heavy atom. The molecule has 0 amide bonds. The zero-order valence-corrected chi connectivity index (χ0v) is 13.9. The first-order valence-corrected chi connectivity index (χ1v) is 8.49. The van der Waals surface area contributed by atoms with Crippen molar-refractivity contribution in [2.24, 2.45) is 5.92 Å². The molecule has 0 bridgehead atoms. The molecule has 1 fully saturated rings. The largest absolute Gasteiger partial charge is 0.486 e. The Bertz CT molecular complexity index is 512. The van der Waals surface area contributed by atoms with Gasteiger partial charge in [0.15, 0.2) is 0 Å². The van der Waals surface area contributed by atoms with Crippen LogP contribution in [0.5, 0.6) is 5.75 Å². The van der Waals surface area contributed by atoms with E-state index in [-0.39, 0.29) is 12.1 Å². The van der Waals surface area contributed by atoms with E-state index in [4.69, 9.17) is 4.74 Å². The number of aliphatic hydroxyl groups is 1. The molecule has 22 heavy (non-hydrogen) atoms. The average Bonchev–Trinajstić information content (AvgIpc) is 2.54. The molecular formula is C18H28N2O2. The van der Waals surface area contributed by atoms with Gasteiger partial charge < -0.3 is 20.1 Å². The second-order valence-electron chi connectivity index (χ2n) is 7.01. The highest BCUT2D eigenvalue weighted by atomic mass is 16.5. The lowest BCUT2D eigenvalue weighted by Crippen LogP contribution is -2.41. The van der Waals surface area contributed by atoms with E-state index < -0.39 is 6.10 Å². The number of fused-ring (bicyclic) bond motifs is 1. The average molecular weight is 304 g/mol. The first kappa shape index (κ1) is 15.6. The molecule has 2 N–H and O–H groups in total. The maximum absolute atomic E-state index is 10.7. The third kappa shape index (κ3) is 3.08. The predicted octanol–water partition coefficient (Wildman–Crippen LogP) is 2.72. The first-order valence-electron chi connectivity index (χ1n) is 8.49. The minimum Gasteiger partial charge on any atom is -0.486 e. The third-order valence-electron chi connectivity index (χ3n) is 4.94. The maximum atomic E-state index is 10.7. The molecule has 4 nitrogen and oxygen atoms in total. The van der Waals surface area contributed by atoms with Crippen LogP contribution in [0.3, 0.4) is 0 Å². The molecule has 2 heterocycles. The van der Waals surface area contributed by atoms with Crippen molar-refractivity contribution in [3.63, 3.8) is 0 Å². The first-order chi connectivity index (χ1) is 10.6. The Balaban J connectivity index is 1.80. The maximum Gasteiger partial charge on any atom is 0.143 e. The predicted molar refractivity (Wildman–Crippen MR) is 89.6 cm³/mol. The number of ether oxygens (including phenoxy) is 1. The van der Waals surface area contributed by atoms with Gasteiger partial charge in [0.05, 0.1) is 18.3 Å². The SMILES string of the molecule is CC(C)C1CN(C)c2cc(C(O)C3CCCCN3)ccc2O1. The summed E-state index contributed by atoms with van der Waals surface area (Å²) in [5, 5.41) is 14.1. The van der Waals surface area contributed by atoms with Crippen LogP contribution in [-0.4, -0.2) is 37.4 Å². The van der Waals surface area contributed by atoms with Crippen molar-refractivity contribution in [1.82, 2.24) is 5.32 Å². The standard InChI is InChI=1S/C18H28N2O2/c1-12(2)17-11-20(3)15-10-13(7-8-16(15)22-17)18(21)14-6-4-5-9-19-14/h7-8,10,12,14,17-19,21H,4-6,9,11H2,1-3H3. The van der Waals surface area contributed by atoms with E-state index in [0.29, 0.717) is 5.92 Å². The molecule has 0 spiro atoms. The van der Waals surface area contributed by atoms with Gasteiger partial charge in [-0.25, -0.2) is 0 Å². The van der Waals surface area contributed by atoms with Crippen LogP contribution in [0.25, 0.3) is 0 Å². The molecule has 1 aromatic rings. The van der Waals surface area contributed by atoms with Crippen LogP contribution in [0.15, 0.2) is 18.2 Å². The Morgan fingerprint density at radius 1 is 1.32 bits per heavy atom. The second-order valence-corrected chi connectivity index (χ2v) is 7.01. The summed E-state index contributed by atoms with van der Waals surface area (Å²) in [4.78, 5) is 2.24. The van der Waals surface area contributed by atoms with Gasteiger partial charge in [-0.05, 0) is 43.0 Å². The summed E-state index contributed by atoms with van der Waals surface area (Å²) < 4.78 is 6.11. The summed E-state index contributed by atoms with van der Waals surface area (Å²) in [7, 11) is 2.10. The zero-order chi connectivity index (χ0) is 15.7. The van der Waals surface area contributed by atoms with Crippen LogP contribution in [0.4, 0.5) is 5.69 Å². The van der Waals surface area contributed by atoms with Crippen LogP contribution in [0, 0.1) is 5.92 Å². The van der Waals surface area contributed by atoms with Gasteiger partial charge in [-0.3, -0.25) is 0 Å². The number of hydrogen-bond donors (Lipinski definition) is 2. The minimum atomic E-state index is -0.443. The fourth-order valence-corrected chi connectivity index (χ4v) is 3.41. The lowest BCUT2D eigenvalue weighted by Gasteiger charge is -2.36. The van der Waals surface area contributed by atoms with Gasteiger partial charge in [0.1, 0.15) is 11.9 Å². The smallest absolute Gasteiger partial charge is 0.143 e. The third-order valence-corrected chi connectivity index (χ3v) is 4.94. The van der Waals surface area contributed by atoms with Crippen LogP contribution in [-0.2, 0) is 0 Å². The molecule has 1 saturated heterocycles. The quantitative estimate of drug-likeness (QED) is 0.901. The summed E-state index contributed by atoms with van der Waals surface area (Å²) in [6, 6.07) is 6.29. The van der Waals surface area contributed by atoms with Crippen molar-refractivity contribution in [2.45, 2.75) is 51.4 Å². The van der Waals surface area contributed by atoms with E-state index in [9.17, 15) is 5.11 Å². The Kier molecular flexibility index (Phi) is 4.59. The number of rotatable bonds is 3. The lowest BCUT2D eigenvalue weighted by atomic mass is 9.94.